The van der Waals surface area contributed by atoms with Gasteiger partial charge in [-0.1, -0.05) is 50.2 Å². The van der Waals surface area contributed by atoms with Crippen LogP contribution in [0.15, 0.2) is 42.5 Å². The van der Waals surface area contributed by atoms with Crippen molar-refractivity contribution in [3.8, 4) is 0 Å². The van der Waals surface area contributed by atoms with Crippen LogP contribution >= 0.6 is 0 Å². The molecule has 3 nitrogen and oxygen atoms in total. The molecule has 0 spiro atoms. The fraction of sp³-hybridized carbons (Fsp3) is 0.350. The van der Waals surface area contributed by atoms with Crippen molar-refractivity contribution in [1.29, 1.82) is 0 Å². The molecule has 0 heterocycles. The molecule has 0 saturated heterocycles. The molecule has 0 saturated carbocycles. The standard InChI is InChI=1S/C20H25FN2O/c1-3-15-9-7-10-16(4-2)20(15)22-13-12-19(24)23-14-17-8-5-6-11-18(17)21/h5-11,22H,3-4,12-14H2,1-2H3,(H,23,24). The first-order valence-electron chi connectivity index (χ1n) is 8.50. The molecule has 0 aliphatic heterocycles. The molecule has 0 aliphatic carbocycles. The summed E-state index contributed by atoms with van der Waals surface area (Å²) in [5.74, 6) is -0.377. The maximum Gasteiger partial charge on any atom is 0.222 e. The van der Waals surface area contributed by atoms with Crippen LogP contribution in [0.3, 0.4) is 0 Å². The maximum absolute atomic E-state index is 13.5. The number of aryl methyl sites for hydroxylation is 2. The average molecular weight is 328 g/mol. The highest BCUT2D eigenvalue weighted by Gasteiger charge is 2.08. The van der Waals surface area contributed by atoms with Gasteiger partial charge in [-0.2, -0.15) is 0 Å². The van der Waals surface area contributed by atoms with Crippen LogP contribution in [0, 0.1) is 5.82 Å². The van der Waals surface area contributed by atoms with Crippen molar-refractivity contribution in [2.24, 2.45) is 0 Å². The van der Waals surface area contributed by atoms with E-state index in [2.05, 4.69) is 42.7 Å². The number of carbonyl (C=O) groups excluding carboxylic acids is 1. The van der Waals surface area contributed by atoms with Crippen LogP contribution < -0.4 is 10.6 Å². The Bertz CT molecular complexity index is 663. The summed E-state index contributed by atoms with van der Waals surface area (Å²) in [4.78, 5) is 12.0. The van der Waals surface area contributed by atoms with Crippen LogP contribution in [0.1, 0.15) is 37.0 Å². The van der Waals surface area contributed by atoms with E-state index in [0.717, 1.165) is 18.5 Å². The minimum Gasteiger partial charge on any atom is -0.384 e. The Hall–Kier alpha value is -2.36. The summed E-state index contributed by atoms with van der Waals surface area (Å²) in [5, 5.41) is 6.15. The molecule has 0 bridgehead atoms. The largest absolute Gasteiger partial charge is 0.384 e. The summed E-state index contributed by atoms with van der Waals surface area (Å²) >= 11 is 0. The number of benzene rings is 2. The quantitative estimate of drug-likeness (QED) is 0.767. The van der Waals surface area contributed by atoms with E-state index in [1.807, 2.05) is 0 Å². The number of carbonyl (C=O) groups is 1. The molecular weight excluding hydrogens is 303 g/mol. The molecule has 0 unspecified atom stereocenters. The molecule has 0 atom stereocenters. The molecule has 2 aromatic carbocycles. The van der Waals surface area contributed by atoms with Gasteiger partial charge in [0.15, 0.2) is 0 Å². The second-order valence-corrected chi connectivity index (χ2v) is 5.70. The van der Waals surface area contributed by atoms with Gasteiger partial charge in [-0.15, -0.1) is 0 Å². The van der Waals surface area contributed by atoms with Crippen LogP contribution in [0.2, 0.25) is 0 Å². The maximum atomic E-state index is 13.5. The molecule has 2 rings (SSSR count). The molecule has 0 radical (unpaired) electrons. The number of hydrogen-bond acceptors (Lipinski definition) is 2. The van der Waals surface area contributed by atoms with Gasteiger partial charge in [0.05, 0.1) is 0 Å². The van der Waals surface area contributed by atoms with E-state index in [4.69, 9.17) is 0 Å². The lowest BCUT2D eigenvalue weighted by atomic mass is 10.0. The van der Waals surface area contributed by atoms with Crippen LogP contribution in [0.4, 0.5) is 10.1 Å². The first-order valence-corrected chi connectivity index (χ1v) is 8.50. The zero-order valence-corrected chi connectivity index (χ0v) is 14.4. The minimum absolute atomic E-state index is 0.0854. The summed E-state index contributed by atoms with van der Waals surface area (Å²) in [6, 6.07) is 12.8. The molecule has 128 valence electrons. The third kappa shape index (κ3) is 4.82. The lowest BCUT2D eigenvalue weighted by Crippen LogP contribution is -2.25. The van der Waals surface area contributed by atoms with E-state index >= 15 is 0 Å². The lowest BCUT2D eigenvalue weighted by Gasteiger charge is -2.15. The minimum atomic E-state index is -0.291. The second-order valence-electron chi connectivity index (χ2n) is 5.70. The van der Waals surface area contributed by atoms with Gasteiger partial charge >= 0.3 is 0 Å². The normalized spacial score (nSPS) is 10.5. The van der Waals surface area contributed by atoms with Crippen LogP contribution in [0.5, 0.6) is 0 Å². The number of halogens is 1. The molecule has 24 heavy (non-hydrogen) atoms. The smallest absolute Gasteiger partial charge is 0.222 e. The molecule has 1 amide bonds. The highest BCUT2D eigenvalue weighted by Crippen LogP contribution is 2.22. The Labute approximate surface area is 143 Å². The molecule has 0 aromatic heterocycles. The number of amides is 1. The summed E-state index contributed by atoms with van der Waals surface area (Å²) in [5.41, 5.74) is 4.18. The van der Waals surface area contributed by atoms with E-state index < -0.39 is 0 Å². The number of hydrogen-bond donors (Lipinski definition) is 2. The van der Waals surface area contributed by atoms with Crippen molar-refractivity contribution in [2.75, 3.05) is 11.9 Å². The summed E-state index contributed by atoms with van der Waals surface area (Å²) < 4.78 is 13.5. The SMILES string of the molecule is CCc1cccc(CC)c1NCCC(=O)NCc1ccccc1F. The van der Waals surface area contributed by atoms with Crippen molar-refractivity contribution in [1.82, 2.24) is 5.32 Å². The summed E-state index contributed by atoms with van der Waals surface area (Å²) in [7, 11) is 0. The predicted molar refractivity (Wildman–Crippen MR) is 96.6 cm³/mol. The number of anilines is 1. The van der Waals surface area contributed by atoms with Crippen LogP contribution in [-0.2, 0) is 24.2 Å². The first-order chi connectivity index (χ1) is 11.7. The Balaban J connectivity index is 1.84. The van der Waals surface area contributed by atoms with Crippen LogP contribution in [0.25, 0.3) is 0 Å². The van der Waals surface area contributed by atoms with Gasteiger partial charge in [0.25, 0.3) is 0 Å². The van der Waals surface area contributed by atoms with Crippen molar-refractivity contribution in [3.63, 3.8) is 0 Å². The molecule has 2 aromatic rings. The summed E-state index contributed by atoms with van der Waals surface area (Å²) in [6.07, 6.45) is 2.26. The molecule has 4 heteroatoms. The summed E-state index contributed by atoms with van der Waals surface area (Å²) in [6.45, 7) is 5.03. The zero-order chi connectivity index (χ0) is 17.4. The Morgan fingerprint density at radius 2 is 1.58 bits per heavy atom. The van der Waals surface area contributed by atoms with E-state index in [9.17, 15) is 9.18 Å². The Kier molecular flexibility index (Phi) is 6.79. The molecule has 2 N–H and O–H groups in total. The number of rotatable bonds is 8. The number of para-hydroxylation sites is 1. The van der Waals surface area contributed by atoms with E-state index in [-0.39, 0.29) is 18.3 Å². The van der Waals surface area contributed by atoms with Gasteiger partial charge in [0.1, 0.15) is 5.82 Å². The van der Waals surface area contributed by atoms with Gasteiger partial charge in [-0.3, -0.25) is 4.79 Å². The van der Waals surface area contributed by atoms with E-state index in [1.165, 1.54) is 17.2 Å². The topological polar surface area (TPSA) is 41.1 Å². The highest BCUT2D eigenvalue weighted by atomic mass is 19.1. The van der Waals surface area contributed by atoms with Crippen LogP contribution in [-0.4, -0.2) is 12.5 Å². The van der Waals surface area contributed by atoms with E-state index in [1.54, 1.807) is 18.2 Å². The van der Waals surface area contributed by atoms with Gasteiger partial charge < -0.3 is 10.6 Å². The van der Waals surface area contributed by atoms with Gasteiger partial charge in [0.2, 0.25) is 5.91 Å². The van der Waals surface area contributed by atoms with Gasteiger partial charge in [-0.05, 0) is 30.0 Å². The van der Waals surface area contributed by atoms with Gasteiger partial charge in [-0.25, -0.2) is 4.39 Å². The second kappa shape index (κ2) is 9.06. The predicted octanol–water partition coefficient (Wildman–Crippen LogP) is 4.07. The average Bonchev–Trinajstić information content (AvgIpc) is 2.61. The molecule has 0 fully saturated rings. The van der Waals surface area contributed by atoms with Crippen molar-refractivity contribution >= 4 is 11.6 Å². The number of nitrogens with one attached hydrogen (secondary N) is 2. The third-order valence-electron chi connectivity index (χ3n) is 4.09. The Morgan fingerprint density at radius 1 is 0.958 bits per heavy atom. The van der Waals surface area contributed by atoms with E-state index in [0.29, 0.717) is 18.5 Å². The molecule has 0 aliphatic rings. The van der Waals surface area contributed by atoms with Crippen molar-refractivity contribution in [3.05, 3.63) is 65.0 Å². The highest BCUT2D eigenvalue weighted by molar-refractivity contribution is 5.76. The lowest BCUT2D eigenvalue weighted by molar-refractivity contribution is -0.121. The fourth-order valence-electron chi connectivity index (χ4n) is 2.69. The van der Waals surface area contributed by atoms with Gasteiger partial charge in [0, 0.05) is 30.8 Å². The third-order valence-corrected chi connectivity index (χ3v) is 4.09. The van der Waals surface area contributed by atoms with Crippen molar-refractivity contribution < 1.29 is 9.18 Å². The Morgan fingerprint density at radius 3 is 2.21 bits per heavy atom. The monoisotopic (exact) mass is 328 g/mol. The molecular formula is C20H25FN2O. The first kappa shape index (κ1) is 18.0. The zero-order valence-electron chi connectivity index (χ0n) is 14.4. The van der Waals surface area contributed by atoms with Crippen molar-refractivity contribution in [2.45, 2.75) is 39.7 Å². The fourth-order valence-corrected chi connectivity index (χ4v) is 2.69.